The lowest BCUT2D eigenvalue weighted by Gasteiger charge is -2.17. The van der Waals surface area contributed by atoms with E-state index in [0.717, 1.165) is 18.2 Å². The van der Waals surface area contributed by atoms with Crippen LogP contribution in [0.25, 0.3) is 0 Å². The van der Waals surface area contributed by atoms with E-state index in [0.29, 0.717) is 0 Å². The Morgan fingerprint density at radius 1 is 1.38 bits per heavy atom. The average Bonchev–Trinajstić information content (AvgIpc) is 3.01. The molecule has 4 atom stereocenters. The summed E-state index contributed by atoms with van der Waals surface area (Å²) >= 11 is 0. The zero-order valence-corrected chi connectivity index (χ0v) is 10.8. The van der Waals surface area contributed by atoms with E-state index in [1.807, 2.05) is 0 Å². The molecule has 2 heterocycles. The van der Waals surface area contributed by atoms with Gasteiger partial charge in [-0.3, -0.25) is 10.1 Å². The topological polar surface area (TPSA) is 94.6 Å². The van der Waals surface area contributed by atoms with Crippen LogP contribution in [0.2, 0.25) is 0 Å². The van der Waals surface area contributed by atoms with Crippen LogP contribution in [0.1, 0.15) is 0 Å². The van der Waals surface area contributed by atoms with E-state index in [9.17, 15) is 14.5 Å². The highest BCUT2D eigenvalue weighted by molar-refractivity contribution is 5.46. The molecule has 0 amide bonds. The third kappa shape index (κ3) is 2.41. The highest BCUT2D eigenvalue weighted by Gasteiger charge is 2.49. The first-order chi connectivity index (χ1) is 10.1. The van der Waals surface area contributed by atoms with Gasteiger partial charge < -0.3 is 14.2 Å². The molecule has 3 rings (SSSR count). The molecule has 0 aliphatic carbocycles. The molecule has 0 radical (unpaired) electrons. The van der Waals surface area contributed by atoms with Gasteiger partial charge in [0.25, 0.3) is 0 Å². The predicted octanol–water partition coefficient (Wildman–Crippen LogP) is 1.42. The number of rotatable bonds is 3. The lowest BCUT2D eigenvalue weighted by molar-refractivity contribution is -0.386. The molecular weight excluding hydrogens is 283 g/mol. The van der Waals surface area contributed by atoms with Crippen molar-refractivity contribution in [3.05, 3.63) is 34.1 Å². The van der Waals surface area contributed by atoms with Gasteiger partial charge in [0.2, 0.25) is 0 Å². The fraction of sp³-hybridized carbons (Fsp3) is 0.462. The summed E-state index contributed by atoms with van der Waals surface area (Å²) in [7, 11) is 0. The SMILES string of the molecule is N#C[C@H]1CO[C@H]2[C@@H]1OC[C@H]2Oc1cc(F)ccc1[N+](=O)[O-]. The van der Waals surface area contributed by atoms with Gasteiger partial charge in [0, 0.05) is 12.1 Å². The van der Waals surface area contributed by atoms with Crippen LogP contribution in [0.3, 0.4) is 0 Å². The number of fused-ring (bicyclic) bond motifs is 1. The van der Waals surface area contributed by atoms with E-state index < -0.39 is 29.1 Å². The van der Waals surface area contributed by atoms with Crippen LogP contribution in [-0.2, 0) is 9.47 Å². The first-order valence-electron chi connectivity index (χ1n) is 6.33. The molecule has 2 aliphatic rings. The lowest BCUT2D eigenvalue weighted by Crippen LogP contribution is -2.33. The van der Waals surface area contributed by atoms with Gasteiger partial charge >= 0.3 is 5.69 Å². The Hall–Kier alpha value is -2.24. The second-order valence-electron chi connectivity index (χ2n) is 4.86. The fourth-order valence-electron chi connectivity index (χ4n) is 2.57. The van der Waals surface area contributed by atoms with Crippen molar-refractivity contribution < 1.29 is 23.5 Å². The molecule has 0 bridgehead atoms. The van der Waals surface area contributed by atoms with Gasteiger partial charge in [-0.15, -0.1) is 0 Å². The van der Waals surface area contributed by atoms with Gasteiger partial charge in [-0.2, -0.15) is 5.26 Å². The number of nitrogens with zero attached hydrogens (tertiary/aromatic N) is 2. The molecule has 2 saturated heterocycles. The van der Waals surface area contributed by atoms with Crippen LogP contribution in [0.4, 0.5) is 10.1 Å². The molecule has 0 spiro atoms. The van der Waals surface area contributed by atoms with E-state index in [4.69, 9.17) is 19.5 Å². The van der Waals surface area contributed by atoms with Crippen molar-refractivity contribution in [1.82, 2.24) is 0 Å². The Kier molecular flexibility index (Phi) is 3.45. The van der Waals surface area contributed by atoms with E-state index >= 15 is 0 Å². The van der Waals surface area contributed by atoms with E-state index in [2.05, 4.69) is 6.07 Å². The molecule has 110 valence electrons. The van der Waals surface area contributed by atoms with Gasteiger partial charge in [0.1, 0.15) is 18.0 Å². The third-order valence-corrected chi connectivity index (χ3v) is 3.57. The first-order valence-corrected chi connectivity index (χ1v) is 6.33. The van der Waals surface area contributed by atoms with Crippen molar-refractivity contribution in [2.24, 2.45) is 5.92 Å². The molecule has 0 saturated carbocycles. The van der Waals surface area contributed by atoms with Gasteiger partial charge in [0.15, 0.2) is 11.9 Å². The van der Waals surface area contributed by atoms with Crippen molar-refractivity contribution in [2.45, 2.75) is 18.3 Å². The Morgan fingerprint density at radius 3 is 2.86 bits per heavy atom. The zero-order valence-electron chi connectivity index (χ0n) is 10.8. The Bertz CT molecular complexity index is 617. The minimum Gasteiger partial charge on any atom is -0.478 e. The normalized spacial score (nSPS) is 30.7. The third-order valence-electron chi connectivity index (χ3n) is 3.57. The van der Waals surface area contributed by atoms with E-state index in [1.165, 1.54) is 0 Å². The molecule has 21 heavy (non-hydrogen) atoms. The minimum atomic E-state index is -0.643. The number of nitro groups is 1. The molecule has 2 fully saturated rings. The molecule has 8 heteroatoms. The molecule has 0 unspecified atom stereocenters. The highest BCUT2D eigenvalue weighted by Crippen LogP contribution is 2.35. The molecular formula is C13H11FN2O5. The number of nitriles is 1. The van der Waals surface area contributed by atoms with Crippen LogP contribution in [0, 0.1) is 33.2 Å². The first kappa shape index (κ1) is 13.7. The van der Waals surface area contributed by atoms with Crippen LogP contribution in [-0.4, -0.2) is 36.4 Å². The number of hydrogen-bond donors (Lipinski definition) is 0. The standard InChI is InChI=1S/C13H11FN2O5/c14-8-1-2-9(16(17)18)10(3-8)21-11-6-20-12-7(4-15)5-19-13(11)12/h1-3,7,11-13H,5-6H2/t7-,11+,12+,13+/m0/s1. The van der Waals surface area contributed by atoms with Gasteiger partial charge in [-0.1, -0.05) is 0 Å². The van der Waals surface area contributed by atoms with Crippen molar-refractivity contribution >= 4 is 5.69 Å². The van der Waals surface area contributed by atoms with E-state index in [-0.39, 0.29) is 30.6 Å². The number of ether oxygens (including phenoxy) is 3. The second kappa shape index (κ2) is 5.27. The summed E-state index contributed by atoms with van der Waals surface area (Å²) in [5.74, 6) is -1.18. The Balaban J connectivity index is 1.81. The maximum atomic E-state index is 13.3. The molecule has 1 aromatic carbocycles. The van der Waals surface area contributed by atoms with Crippen LogP contribution in [0.5, 0.6) is 5.75 Å². The minimum absolute atomic E-state index is 0.140. The number of benzene rings is 1. The molecule has 0 N–H and O–H groups in total. The van der Waals surface area contributed by atoms with Gasteiger partial charge in [0.05, 0.1) is 30.1 Å². The maximum Gasteiger partial charge on any atom is 0.311 e. The fourth-order valence-corrected chi connectivity index (χ4v) is 2.57. The summed E-state index contributed by atoms with van der Waals surface area (Å²) in [5, 5.41) is 19.9. The molecule has 7 nitrogen and oxygen atoms in total. The largest absolute Gasteiger partial charge is 0.478 e. The molecule has 2 aliphatic heterocycles. The molecule has 0 aromatic heterocycles. The quantitative estimate of drug-likeness (QED) is 0.618. The summed E-state index contributed by atoms with van der Waals surface area (Å²) in [4.78, 5) is 10.3. The van der Waals surface area contributed by atoms with Crippen molar-refractivity contribution in [2.75, 3.05) is 13.2 Å². The van der Waals surface area contributed by atoms with Crippen molar-refractivity contribution in [1.29, 1.82) is 5.26 Å². The van der Waals surface area contributed by atoms with Crippen LogP contribution < -0.4 is 4.74 Å². The number of nitro benzene ring substituents is 1. The molecule has 1 aromatic rings. The monoisotopic (exact) mass is 294 g/mol. The van der Waals surface area contributed by atoms with Gasteiger partial charge in [-0.05, 0) is 6.07 Å². The van der Waals surface area contributed by atoms with Gasteiger partial charge in [-0.25, -0.2) is 4.39 Å². The van der Waals surface area contributed by atoms with Crippen molar-refractivity contribution in [3.8, 4) is 11.8 Å². The maximum absolute atomic E-state index is 13.3. The summed E-state index contributed by atoms with van der Waals surface area (Å²) in [6, 6.07) is 5.09. The smallest absolute Gasteiger partial charge is 0.311 e. The zero-order chi connectivity index (χ0) is 15.0. The second-order valence-corrected chi connectivity index (χ2v) is 4.86. The predicted molar refractivity (Wildman–Crippen MR) is 66.1 cm³/mol. The Labute approximate surface area is 119 Å². The summed E-state index contributed by atoms with van der Waals surface area (Å²) in [5.41, 5.74) is -0.324. The number of hydrogen-bond acceptors (Lipinski definition) is 6. The summed E-state index contributed by atoms with van der Waals surface area (Å²) in [6.45, 7) is 0.373. The Morgan fingerprint density at radius 2 is 2.14 bits per heavy atom. The summed E-state index contributed by atoms with van der Waals surface area (Å²) in [6.07, 6.45) is -1.49. The number of halogens is 1. The summed E-state index contributed by atoms with van der Waals surface area (Å²) < 4.78 is 29.7. The highest BCUT2D eigenvalue weighted by atomic mass is 19.1. The van der Waals surface area contributed by atoms with E-state index in [1.54, 1.807) is 0 Å². The average molecular weight is 294 g/mol. The van der Waals surface area contributed by atoms with Crippen LogP contribution in [0.15, 0.2) is 18.2 Å². The van der Waals surface area contributed by atoms with Crippen LogP contribution >= 0.6 is 0 Å². The lowest BCUT2D eigenvalue weighted by atomic mass is 10.0. The van der Waals surface area contributed by atoms with Crippen molar-refractivity contribution in [3.63, 3.8) is 0 Å².